The van der Waals surface area contributed by atoms with Gasteiger partial charge < -0.3 is 42.7 Å². The van der Waals surface area contributed by atoms with Gasteiger partial charge in [-0.3, -0.25) is 4.79 Å². The highest BCUT2D eigenvalue weighted by Gasteiger charge is 2.72. The van der Waals surface area contributed by atoms with Crippen LogP contribution in [0.1, 0.15) is 238 Å². The Kier molecular flexibility index (Phi) is 34.9. The summed E-state index contributed by atoms with van der Waals surface area (Å²) in [7, 11) is -12.0. The van der Waals surface area contributed by atoms with Gasteiger partial charge in [-0.05, 0) is 286 Å². The van der Waals surface area contributed by atoms with Crippen LogP contribution in [0.3, 0.4) is 0 Å². The van der Waals surface area contributed by atoms with Crippen molar-refractivity contribution in [2.45, 2.75) is 385 Å². The van der Waals surface area contributed by atoms with E-state index in [1.165, 1.54) is 25.2 Å². The lowest BCUT2D eigenvalue weighted by Crippen LogP contribution is -2.61. The number of hydrogen-bond donors (Lipinski definition) is 4. The summed E-state index contributed by atoms with van der Waals surface area (Å²) >= 11 is 0. The Morgan fingerprint density at radius 1 is 0.528 bits per heavy atom. The molecule has 10 nitrogen and oxygen atoms in total. The maximum absolute atomic E-state index is 14.7. The van der Waals surface area contributed by atoms with Crippen LogP contribution in [0.5, 0.6) is 0 Å². The molecular weight excluding hydrogens is 1680 g/mol. The van der Waals surface area contributed by atoms with Gasteiger partial charge in [0.15, 0.2) is 33.3 Å². The SMILES string of the molecule is C=C1/C(=C\C=C2/CCC[C@@]3(C)C2CC[C@@H]3[C@@](C)(C/C=C\C(O)(C(F)(F)F)C(F)(F)F)CCCC(C)(C)O)C[C@@H](O)C[C@@H]1O.C=C1/C(=C\CP(=O)(c2ccccc2)c2ccccc2)C[C@@H](O[Si](C)(C)C(C)(C)C)C[C@@H]1O[Si](C)(C)C(C)(C)C.CC(C)(CCC[C@](C)(C/C=C\C(O[Si](C)(C)C)(C(F)(F)F)C(F)(F)F)[C@H]1CCC2C(=O)CCC[C@@]21C)O[Si](C)(C)C. The van der Waals surface area contributed by atoms with Crippen molar-refractivity contribution in [1.82, 2.24) is 0 Å². The zero-order valence-corrected chi connectivity index (χ0v) is 83.2. The van der Waals surface area contributed by atoms with E-state index in [1.807, 2.05) is 101 Å². The minimum Gasteiger partial charge on any atom is -0.413 e. The average Bonchev–Trinajstić information content (AvgIpc) is 1.28. The topological polar surface area (TPSA) is 152 Å². The summed E-state index contributed by atoms with van der Waals surface area (Å²) in [6.45, 7) is 57.4. The summed E-state index contributed by atoms with van der Waals surface area (Å²) in [6, 6.07) is 19.8. The highest BCUT2D eigenvalue weighted by molar-refractivity contribution is 7.78. The van der Waals surface area contributed by atoms with E-state index in [9.17, 15) is 82.5 Å². The molecule has 0 radical (unpaired) electrons. The van der Waals surface area contributed by atoms with Gasteiger partial charge in [0.25, 0.3) is 11.2 Å². The van der Waals surface area contributed by atoms with Crippen molar-refractivity contribution in [2.24, 2.45) is 45.3 Å². The van der Waals surface area contributed by atoms with Crippen LogP contribution in [-0.4, -0.2) is 137 Å². The number of fused-ring (bicyclic) bond motifs is 2. The molecule has 2 aromatic rings. The third kappa shape index (κ3) is 27.0. The fourth-order valence-corrected chi connectivity index (χ4v) is 28.5. The molecular formula is C96H151F12O10PSi4. The number of Topliss-reactive ketones (excluding diaryl/α,β-unsaturated/α-hetero) is 1. The van der Waals surface area contributed by atoms with Gasteiger partial charge in [-0.25, -0.2) is 0 Å². The number of hydrogen-bond acceptors (Lipinski definition) is 10. The van der Waals surface area contributed by atoms with Crippen molar-refractivity contribution >= 4 is 56.8 Å². The number of rotatable bonds is 29. The van der Waals surface area contributed by atoms with Gasteiger partial charge in [-0.15, -0.1) is 0 Å². The Morgan fingerprint density at radius 2 is 0.976 bits per heavy atom. The summed E-state index contributed by atoms with van der Waals surface area (Å²) in [6.07, 6.45) is -2.61. The number of aliphatic hydroxyl groups is 4. The normalized spacial score (nSPS) is 27.1. The van der Waals surface area contributed by atoms with E-state index >= 15 is 0 Å². The standard InChI is InChI=1S/C33H48F6O4.C33H51O3PSi2.C30H52F6O3Si2/c1-21-23(19-24(40)20-26(21)41)11-10-22-9-6-17-30(5)25(22)12-13-27(30)29(4,15-7-14-28(2,3)42)16-8-18-31(43,32(34,35)36)33(37,38)39;1-26-27(22-23-37(34,29-18-14-12-15-19-29)30-20-16-13-17-21-30)24-28(35-38(8,9)32(2,3)4)25-31(26)36-39(10,11)33(5,6)7;1-25(2,38-40(5,6)7)17-12-18-26(3,24-16-15-22-23(37)14-11-20-27(22,24)4)19-13-21-28(29(31,32)33,30(34,35)36)39-41(8,9)10/h8,10-11,18,24-27,40-43H,1,6-7,9,12-17,19-20H2,2-5H3;12-22,28,31H,1,23-25H2,2-11H3;13,21-22,24H,11-12,14-20H2,1-10H3/b18-8-,22-10+,23-11-;27-22-;21-13-/t24-,25?,26+,27-,29-,30+;28-,31+;22?,24-,26-,27+/m111/s1. The highest BCUT2D eigenvalue weighted by Crippen LogP contribution is 2.66. The first-order valence-electron chi connectivity index (χ1n) is 44.5. The maximum atomic E-state index is 14.7. The van der Waals surface area contributed by atoms with E-state index in [1.54, 1.807) is 13.8 Å². The molecule has 12 atom stereocenters. The first-order valence-corrected chi connectivity index (χ1v) is 59.0. The number of carbonyl (C=O) groups excluding carboxylic acids is 1. The quantitative estimate of drug-likeness (QED) is 0.0268. The van der Waals surface area contributed by atoms with Gasteiger partial charge >= 0.3 is 24.7 Å². The second-order valence-electron chi connectivity index (χ2n) is 44.0. The fraction of sp³-hybridized carbons (Fsp3) is 0.719. The van der Waals surface area contributed by atoms with E-state index < -0.39 is 111 Å². The van der Waals surface area contributed by atoms with Gasteiger partial charge in [0.1, 0.15) is 12.9 Å². The smallest absolute Gasteiger partial charge is 0.413 e. The van der Waals surface area contributed by atoms with Gasteiger partial charge in [-0.1, -0.05) is 192 Å². The van der Waals surface area contributed by atoms with Crippen molar-refractivity contribution < 1.29 is 100 Å². The number of alkyl halides is 12. The van der Waals surface area contributed by atoms with Gasteiger partial charge in [0, 0.05) is 42.0 Å². The molecule has 123 heavy (non-hydrogen) atoms. The minimum absolute atomic E-state index is 0.000922. The predicted octanol–water partition coefficient (Wildman–Crippen LogP) is 27.2. The van der Waals surface area contributed by atoms with Crippen LogP contribution in [0.4, 0.5) is 52.7 Å². The number of carbonyl (C=O) groups is 1. The fourth-order valence-electron chi connectivity index (χ4n) is 20.3. The van der Waals surface area contributed by atoms with Crippen molar-refractivity contribution in [3.63, 3.8) is 0 Å². The molecule has 27 heteroatoms. The molecule has 6 saturated carbocycles. The Morgan fingerprint density at radius 3 is 1.43 bits per heavy atom. The maximum Gasteiger partial charge on any atom is 0.429 e. The number of aliphatic hydroxyl groups excluding tert-OH is 2. The first kappa shape index (κ1) is 108. The summed E-state index contributed by atoms with van der Waals surface area (Å²) in [5.74, 6) is 0.274. The number of allylic oxidation sites excluding steroid dienone is 6. The minimum atomic E-state index is -5.92. The summed E-state index contributed by atoms with van der Waals surface area (Å²) < 4.78 is 205. The van der Waals surface area contributed by atoms with Crippen molar-refractivity contribution in [3.8, 4) is 0 Å². The van der Waals surface area contributed by atoms with Crippen LogP contribution in [0.15, 0.2) is 144 Å². The molecule has 2 aromatic carbocycles. The number of ketones is 1. The van der Waals surface area contributed by atoms with Crippen LogP contribution in [0.25, 0.3) is 0 Å². The van der Waals surface area contributed by atoms with Crippen LogP contribution < -0.4 is 10.6 Å². The molecule has 700 valence electrons. The molecule has 0 bridgehead atoms. The Bertz CT molecular complexity index is 4010. The molecule has 2 unspecified atom stereocenters. The number of benzene rings is 2. The van der Waals surface area contributed by atoms with Crippen LogP contribution in [0.2, 0.25) is 75.5 Å². The Balaban J connectivity index is 0.000000286. The molecule has 6 aliphatic carbocycles. The second-order valence-corrected chi connectivity index (χ2v) is 65.2. The van der Waals surface area contributed by atoms with Crippen LogP contribution in [0, 0.1) is 45.3 Å². The number of halogens is 12. The van der Waals surface area contributed by atoms with E-state index in [0.717, 1.165) is 117 Å². The zero-order valence-electron chi connectivity index (χ0n) is 78.3. The molecule has 0 spiro atoms. The van der Waals surface area contributed by atoms with Gasteiger partial charge in [0.2, 0.25) is 0 Å². The molecule has 0 aliphatic heterocycles. The molecule has 6 fully saturated rings. The lowest BCUT2D eigenvalue weighted by Gasteiger charge is -2.49. The molecule has 6 aliphatic rings. The molecule has 8 rings (SSSR count). The molecule has 4 N–H and O–H groups in total. The van der Waals surface area contributed by atoms with E-state index in [4.69, 9.17) is 17.7 Å². The lowest BCUT2D eigenvalue weighted by molar-refractivity contribution is -0.347. The van der Waals surface area contributed by atoms with E-state index in [0.29, 0.717) is 56.7 Å². The molecule has 0 aromatic heterocycles. The average molecular weight is 1840 g/mol. The Labute approximate surface area is 733 Å². The Hall–Kier alpha value is -3.77. The van der Waals surface area contributed by atoms with Crippen LogP contribution >= 0.6 is 7.14 Å². The lowest BCUT2D eigenvalue weighted by atomic mass is 9.55. The van der Waals surface area contributed by atoms with Crippen molar-refractivity contribution in [1.29, 1.82) is 0 Å². The van der Waals surface area contributed by atoms with Crippen molar-refractivity contribution in [2.75, 3.05) is 6.16 Å². The molecule has 0 heterocycles. The predicted molar refractivity (Wildman–Crippen MR) is 486 cm³/mol. The monoisotopic (exact) mass is 1830 g/mol. The second kappa shape index (κ2) is 39.7. The molecule has 0 amide bonds. The van der Waals surface area contributed by atoms with Gasteiger partial charge in [0.05, 0.1) is 35.6 Å². The van der Waals surface area contributed by atoms with E-state index in [-0.39, 0.29) is 94.0 Å². The summed E-state index contributed by atoms with van der Waals surface area (Å²) in [5, 5.41) is 42.3. The zero-order chi connectivity index (χ0) is 93.9. The van der Waals surface area contributed by atoms with Gasteiger partial charge in [-0.2, -0.15) is 52.7 Å². The largest absolute Gasteiger partial charge is 0.429 e. The highest BCUT2D eigenvalue weighted by atomic mass is 31.2. The van der Waals surface area contributed by atoms with Crippen molar-refractivity contribution in [3.05, 3.63) is 144 Å². The molecule has 0 saturated heterocycles. The summed E-state index contributed by atoms with van der Waals surface area (Å²) in [4.78, 5) is 12.8. The third-order valence-corrected chi connectivity index (χ3v) is 42.7. The van der Waals surface area contributed by atoms with Crippen LogP contribution in [-0.2, 0) is 27.1 Å². The third-order valence-electron chi connectivity index (χ3n) is 28.7. The summed E-state index contributed by atoms with van der Waals surface area (Å²) in [5.41, 5.74) is -7.75. The first-order chi connectivity index (χ1) is 55.6. The van der Waals surface area contributed by atoms with E-state index in [2.05, 4.69) is 120 Å².